The van der Waals surface area contributed by atoms with Gasteiger partial charge in [-0.15, -0.1) is 0 Å². The van der Waals surface area contributed by atoms with E-state index in [4.69, 9.17) is 43.4 Å². The molecule has 6 heterocycles. The molecule has 7 aliphatic rings. The number of amides is 3. The number of nitrogens with two attached hydrogens (primary N) is 1. The summed E-state index contributed by atoms with van der Waals surface area (Å²) in [5.41, 5.74) is 6.36. The summed E-state index contributed by atoms with van der Waals surface area (Å²) in [5, 5.41) is 33.8. The molecule has 86 heavy (non-hydrogen) atoms. The van der Waals surface area contributed by atoms with Crippen molar-refractivity contribution in [3.05, 3.63) is 88.5 Å². The third-order valence-electron chi connectivity index (χ3n) is 16.7. The van der Waals surface area contributed by atoms with Crippen LogP contribution in [0.5, 0.6) is 17.2 Å². The number of nitrogens with one attached hydrogen (secondary N) is 2. The average Bonchev–Trinajstić information content (AvgIpc) is 1.33. The van der Waals surface area contributed by atoms with Gasteiger partial charge in [0.05, 0.1) is 79.1 Å². The number of alkyl carbamates (subject to hydrolysis) is 1. The van der Waals surface area contributed by atoms with Crippen LogP contribution in [0, 0.1) is 24.2 Å². The number of imidazole rings is 2. The highest BCUT2D eigenvalue weighted by Crippen LogP contribution is 2.66. The number of benzene rings is 2. The molecule has 2 aromatic heterocycles. The van der Waals surface area contributed by atoms with E-state index in [1.165, 1.54) is 47.3 Å². The van der Waals surface area contributed by atoms with E-state index in [0.29, 0.717) is 47.1 Å². The second kappa shape index (κ2) is 23.5. The van der Waals surface area contributed by atoms with E-state index in [1.54, 1.807) is 53.7 Å². The number of carbonyl (C=O) groups is 6. The number of carbonyl (C=O) groups excluding carboxylic acids is 6. The van der Waals surface area contributed by atoms with Crippen LogP contribution in [0.4, 0.5) is 9.59 Å². The zero-order valence-corrected chi connectivity index (χ0v) is 51.2. The molecule has 3 amide bonds. The average molecular weight is 1190 g/mol. The Morgan fingerprint density at radius 2 is 1.49 bits per heavy atom. The number of likely N-dealkylation sites (tertiary alicyclic amines) is 2. The van der Waals surface area contributed by atoms with Crippen molar-refractivity contribution in [2.45, 2.75) is 181 Å². The van der Waals surface area contributed by atoms with Crippen molar-refractivity contribution in [2.75, 3.05) is 26.2 Å². The number of hydrogen-bond acceptors (Lipinski definition) is 20. The maximum absolute atomic E-state index is 13.9. The molecule has 6 fully saturated rings. The molecular weight excluding hydrogens is 1110 g/mol. The van der Waals surface area contributed by atoms with Crippen LogP contribution in [0.3, 0.4) is 0 Å². The van der Waals surface area contributed by atoms with E-state index < -0.39 is 77.9 Å². The van der Waals surface area contributed by atoms with Crippen molar-refractivity contribution >= 4 is 49.8 Å². The third-order valence-corrected chi connectivity index (χ3v) is 16.7. The molecule has 6 atom stereocenters. The molecule has 11 rings (SSSR count). The highest BCUT2D eigenvalue weighted by atomic mass is 16.7. The molecule has 3 aliphatic carbocycles. The minimum atomic E-state index is -3.14. The maximum atomic E-state index is 13.9. The standard InChI is InChI=1S/C42H61BN4O10.C17H20BN4O7/c1-24-25(16-17-43-56-31-19-26-18-30(41(26,11)12)42(31,13)57-43)14-15-29(32(24)35(49)53-38(2,3)4)52-27-20-46(21-27)34(48)33(45-36(50)54-39(5,6)7)28-22-47(23-44-28)37(51)55-40(8,9)10;19-14(11-5-20-8-21-11)16(23)22-6-10(7-22)28-12-2-1-9-3-4-18(26,27)29-15(9)13(12)17(24)25/h14-15,22-23,26-27,30-31,33H,16-21H2,1-13H3,(H,45,50);1-2,5,8,10,14,26-27H,3-4,6-7,19H2,(H,20,21)(H,24,25)/q;-1/p-1/t26-,30-,31+,33-,42-;14-/m00/s1. The number of esters is 1. The first-order chi connectivity index (χ1) is 40.0. The SMILES string of the molecule is Cc1c(CCB2O[C@@H]3C[C@@H]4C[C@@H](C4(C)C)[C@]3(C)O2)ccc(OC2CN(C(=O)[C@@H](NC(=O)OC(C)(C)C)c3cn(C(=O)OC(C)(C)C)cn3)C2)c1C(=O)OC(C)(C)C.N[C@H](C(=O)N1CC(Oc2ccc3c(c2C(=O)[O-])O[B-](O)(O)CC3)C1)c1cnc[nH]1. The van der Waals surface area contributed by atoms with Gasteiger partial charge in [0.15, 0.2) is 6.04 Å². The number of nitrogens with zero attached hydrogens (tertiary/aromatic N) is 5. The zero-order valence-electron chi connectivity index (χ0n) is 51.2. The van der Waals surface area contributed by atoms with Crippen LogP contribution < -0.4 is 30.3 Å². The van der Waals surface area contributed by atoms with Gasteiger partial charge >= 0.3 is 32.0 Å². The first kappa shape index (κ1) is 63.3. The number of ether oxygens (including phenoxy) is 5. The smallest absolute Gasteiger partial charge is 0.457 e. The minimum absolute atomic E-state index is 0.0211. The zero-order chi connectivity index (χ0) is 62.8. The van der Waals surface area contributed by atoms with Crippen LogP contribution in [0.1, 0.15) is 157 Å². The van der Waals surface area contributed by atoms with Crippen LogP contribution in [0.15, 0.2) is 49.3 Å². The quantitative estimate of drug-likeness (QED) is 0.0631. The molecule has 4 aliphatic heterocycles. The Morgan fingerprint density at radius 1 is 0.872 bits per heavy atom. The van der Waals surface area contributed by atoms with Crippen molar-refractivity contribution in [3.63, 3.8) is 0 Å². The Morgan fingerprint density at radius 3 is 2.08 bits per heavy atom. The highest BCUT2D eigenvalue weighted by molar-refractivity contribution is 6.59. The second-order valence-electron chi connectivity index (χ2n) is 27.1. The van der Waals surface area contributed by atoms with Crippen LogP contribution in [-0.2, 0) is 46.0 Å². The Hall–Kier alpha value is -7.19. The number of aromatic nitrogens is 4. The monoisotopic (exact) mass is 1190 g/mol. The topological polar surface area (TPSA) is 331 Å². The van der Waals surface area contributed by atoms with Gasteiger partial charge in [-0.25, -0.2) is 28.9 Å². The molecule has 27 heteroatoms. The van der Waals surface area contributed by atoms with Gasteiger partial charge in [-0.2, -0.15) is 0 Å². The van der Waals surface area contributed by atoms with Crippen molar-refractivity contribution < 1.29 is 81.6 Å². The number of carboxylic acids is 1. The number of aryl methyl sites for hydroxylation is 2. The Labute approximate surface area is 500 Å². The summed E-state index contributed by atoms with van der Waals surface area (Å²) in [6.45, 7) is 22.3. The van der Waals surface area contributed by atoms with Gasteiger partial charge in [-0.1, -0.05) is 32.3 Å². The molecule has 6 N–H and O–H groups in total. The number of aromatic carboxylic acids is 1. The molecule has 3 saturated carbocycles. The second-order valence-corrected chi connectivity index (χ2v) is 27.1. The largest absolute Gasteiger partial charge is 0.669 e. The van der Waals surface area contributed by atoms with Gasteiger partial charge in [0, 0.05) is 6.20 Å². The molecule has 0 radical (unpaired) electrons. The van der Waals surface area contributed by atoms with E-state index in [1.807, 2.05) is 33.8 Å². The van der Waals surface area contributed by atoms with Crippen LogP contribution in [0.2, 0.25) is 12.6 Å². The molecular formula is C59H80B2N8O17-2. The van der Waals surface area contributed by atoms with Crippen molar-refractivity contribution in [3.8, 4) is 17.2 Å². The molecule has 466 valence electrons. The van der Waals surface area contributed by atoms with Crippen LogP contribution in [0.25, 0.3) is 0 Å². The summed E-state index contributed by atoms with van der Waals surface area (Å²) < 4.78 is 48.2. The van der Waals surface area contributed by atoms with E-state index in [0.717, 1.165) is 22.1 Å². The van der Waals surface area contributed by atoms with Crippen molar-refractivity contribution in [2.24, 2.45) is 23.0 Å². The van der Waals surface area contributed by atoms with Gasteiger partial charge in [0.1, 0.15) is 58.4 Å². The first-order valence-corrected chi connectivity index (χ1v) is 29.3. The lowest BCUT2D eigenvalue weighted by atomic mass is 9.43. The lowest BCUT2D eigenvalue weighted by molar-refractivity contribution is -0.255. The molecule has 2 bridgehead atoms. The van der Waals surface area contributed by atoms with Gasteiger partial charge in [0.2, 0.25) is 5.91 Å². The number of fused-ring (bicyclic) bond motifs is 1. The summed E-state index contributed by atoms with van der Waals surface area (Å²) in [6, 6.07) is 4.70. The lowest BCUT2D eigenvalue weighted by Gasteiger charge is -2.64. The third kappa shape index (κ3) is 13.8. The molecule has 2 aromatic carbocycles. The number of hydrogen-bond donors (Lipinski definition) is 5. The van der Waals surface area contributed by atoms with Gasteiger partial charge < -0.3 is 83.4 Å². The number of carboxylic acid groups (broad SMARTS) is 1. The molecule has 25 nitrogen and oxygen atoms in total. The fourth-order valence-electron chi connectivity index (χ4n) is 12.1. The van der Waals surface area contributed by atoms with Crippen LogP contribution >= 0.6 is 0 Å². The first-order valence-electron chi connectivity index (χ1n) is 29.3. The minimum Gasteiger partial charge on any atom is -0.669 e. The molecule has 0 unspecified atom stereocenters. The number of aromatic amines is 1. The Bertz CT molecular complexity index is 3230. The predicted molar refractivity (Wildman–Crippen MR) is 309 cm³/mol. The Kier molecular flexibility index (Phi) is 17.3. The van der Waals surface area contributed by atoms with E-state index >= 15 is 0 Å². The highest BCUT2D eigenvalue weighted by Gasteiger charge is 2.67. The maximum Gasteiger partial charge on any atom is 0.457 e. The fourth-order valence-corrected chi connectivity index (χ4v) is 12.1. The van der Waals surface area contributed by atoms with E-state index in [-0.39, 0.29) is 91.8 Å². The Balaban J connectivity index is 0.000000254. The van der Waals surface area contributed by atoms with E-state index in [2.05, 4.69) is 41.0 Å². The van der Waals surface area contributed by atoms with Gasteiger partial charge in [-0.3, -0.25) is 9.59 Å². The van der Waals surface area contributed by atoms with Gasteiger partial charge in [-0.05, 0) is 154 Å². The van der Waals surface area contributed by atoms with Crippen molar-refractivity contribution in [1.82, 2.24) is 34.6 Å². The normalized spacial score (nSPS) is 22.8. The van der Waals surface area contributed by atoms with Crippen molar-refractivity contribution in [1.29, 1.82) is 0 Å². The molecule has 0 spiro atoms. The summed E-state index contributed by atoms with van der Waals surface area (Å²) in [7, 11) is -0.325. The number of rotatable bonds is 14. The summed E-state index contributed by atoms with van der Waals surface area (Å²) in [4.78, 5) is 91.2. The summed E-state index contributed by atoms with van der Waals surface area (Å²) >= 11 is 0. The molecule has 4 aromatic rings. The fraction of sp³-hybridized carbons (Fsp3) is 0.593. The number of H-pyrrole nitrogens is 1. The predicted octanol–water partition coefficient (Wildman–Crippen LogP) is 4.98. The molecule has 3 saturated heterocycles. The van der Waals surface area contributed by atoms with Crippen LogP contribution in [-0.4, -0.2) is 156 Å². The van der Waals surface area contributed by atoms with Gasteiger partial charge in [0.25, 0.3) is 5.91 Å². The lowest BCUT2D eigenvalue weighted by Crippen LogP contribution is -2.65. The summed E-state index contributed by atoms with van der Waals surface area (Å²) in [5.74, 6) is -1.52. The van der Waals surface area contributed by atoms with E-state index in [9.17, 15) is 43.9 Å². The summed E-state index contributed by atoms with van der Waals surface area (Å²) in [6.07, 6.45) is 6.87.